The van der Waals surface area contributed by atoms with Crippen LogP contribution in [-0.2, 0) is 13.6 Å². The molecule has 0 saturated carbocycles. The summed E-state index contributed by atoms with van der Waals surface area (Å²) in [6, 6.07) is 8.38. The van der Waals surface area contributed by atoms with Crippen molar-refractivity contribution in [3.63, 3.8) is 0 Å². The Hall–Kier alpha value is -2.64. The predicted octanol–water partition coefficient (Wildman–Crippen LogP) is 2.46. The Morgan fingerprint density at radius 1 is 1.16 bits per heavy atom. The van der Waals surface area contributed by atoms with E-state index in [0.717, 1.165) is 20.8 Å². The van der Waals surface area contributed by atoms with Gasteiger partial charge in [0.05, 0.1) is 0 Å². The minimum atomic E-state index is -0.561. The van der Waals surface area contributed by atoms with Gasteiger partial charge in [0.25, 0.3) is 5.56 Å². The largest absolute Gasteiger partial charge is 0.337 e. The number of nitrogens with zero attached hydrogens (tertiary/aromatic N) is 4. The molecule has 0 N–H and O–H groups in total. The number of hydrogen-bond acceptors (Lipinski definition) is 5. The van der Waals surface area contributed by atoms with Crippen LogP contribution in [0.15, 0.2) is 44.4 Å². The van der Waals surface area contributed by atoms with Gasteiger partial charge in [-0.1, -0.05) is 46.6 Å². The molecule has 0 unspecified atom stereocenters. The molecule has 2 heterocycles. The summed E-state index contributed by atoms with van der Waals surface area (Å²) >= 11 is 11.6. The standard InChI is InChI=1S/C16H12Cl2N4O3/c1-21-12(18)8-15(23)22(16(21)24)9-14-19-13(20-25-14)7-4-10-2-5-11(17)6-3-10/h2-8H,9H2,1H3/b7-4+. The maximum absolute atomic E-state index is 12.1. The van der Waals surface area contributed by atoms with Crippen LogP contribution in [0.25, 0.3) is 12.2 Å². The van der Waals surface area contributed by atoms with Gasteiger partial charge >= 0.3 is 5.69 Å². The normalized spacial score (nSPS) is 11.3. The summed E-state index contributed by atoms with van der Waals surface area (Å²) in [6.07, 6.45) is 3.44. The summed E-state index contributed by atoms with van der Waals surface area (Å²) in [5.41, 5.74) is -0.183. The van der Waals surface area contributed by atoms with Crippen LogP contribution >= 0.6 is 23.2 Å². The fourth-order valence-electron chi connectivity index (χ4n) is 2.07. The third-order valence-electron chi connectivity index (χ3n) is 3.42. The molecule has 0 spiro atoms. The fraction of sp³-hybridized carbons (Fsp3) is 0.125. The van der Waals surface area contributed by atoms with Gasteiger partial charge in [-0.15, -0.1) is 0 Å². The van der Waals surface area contributed by atoms with Crippen molar-refractivity contribution in [2.45, 2.75) is 6.54 Å². The van der Waals surface area contributed by atoms with E-state index < -0.39 is 11.2 Å². The third kappa shape index (κ3) is 3.89. The highest BCUT2D eigenvalue weighted by atomic mass is 35.5. The molecule has 0 amide bonds. The number of benzene rings is 1. The number of rotatable bonds is 4. The second-order valence-electron chi connectivity index (χ2n) is 5.16. The summed E-state index contributed by atoms with van der Waals surface area (Å²) < 4.78 is 7.20. The Kier molecular flexibility index (Phi) is 4.87. The average Bonchev–Trinajstić information content (AvgIpc) is 3.04. The summed E-state index contributed by atoms with van der Waals surface area (Å²) in [4.78, 5) is 28.1. The SMILES string of the molecule is Cn1c(Cl)cc(=O)n(Cc2nc(/C=C/c3ccc(Cl)cc3)no2)c1=O. The Balaban J connectivity index is 1.81. The number of aromatic nitrogens is 4. The quantitative estimate of drug-likeness (QED) is 0.651. The Morgan fingerprint density at radius 2 is 1.88 bits per heavy atom. The molecule has 0 radical (unpaired) electrons. The first kappa shape index (κ1) is 17.2. The minimum Gasteiger partial charge on any atom is -0.337 e. The first-order valence-corrected chi connectivity index (χ1v) is 7.92. The van der Waals surface area contributed by atoms with Crippen LogP contribution in [0, 0.1) is 0 Å². The van der Waals surface area contributed by atoms with Gasteiger partial charge < -0.3 is 4.52 Å². The van der Waals surface area contributed by atoms with Crippen molar-refractivity contribution >= 4 is 35.4 Å². The summed E-state index contributed by atoms with van der Waals surface area (Å²) in [5, 5.41) is 4.50. The monoisotopic (exact) mass is 378 g/mol. The van der Waals surface area contributed by atoms with E-state index in [-0.39, 0.29) is 17.6 Å². The van der Waals surface area contributed by atoms with E-state index in [1.165, 1.54) is 7.05 Å². The van der Waals surface area contributed by atoms with Crippen molar-refractivity contribution in [1.29, 1.82) is 0 Å². The maximum atomic E-state index is 12.1. The number of halogens is 2. The van der Waals surface area contributed by atoms with E-state index in [1.54, 1.807) is 24.3 Å². The molecule has 9 heteroatoms. The molecule has 0 saturated heterocycles. The van der Waals surface area contributed by atoms with E-state index in [0.29, 0.717) is 10.8 Å². The molecule has 0 fully saturated rings. The molecule has 0 aliphatic heterocycles. The van der Waals surface area contributed by atoms with Crippen molar-refractivity contribution in [3.8, 4) is 0 Å². The lowest BCUT2D eigenvalue weighted by molar-refractivity contribution is 0.364. The van der Waals surface area contributed by atoms with Gasteiger partial charge in [-0.25, -0.2) is 4.79 Å². The van der Waals surface area contributed by atoms with Gasteiger partial charge in [0.15, 0.2) is 5.82 Å². The molecule has 128 valence electrons. The molecule has 7 nitrogen and oxygen atoms in total. The van der Waals surface area contributed by atoms with Gasteiger partial charge in [-0.05, 0) is 23.8 Å². The average molecular weight is 379 g/mol. The lowest BCUT2D eigenvalue weighted by Crippen LogP contribution is -2.38. The lowest BCUT2D eigenvalue weighted by atomic mass is 10.2. The molecule has 0 bridgehead atoms. The molecule has 25 heavy (non-hydrogen) atoms. The van der Waals surface area contributed by atoms with Gasteiger partial charge in [0, 0.05) is 18.1 Å². The van der Waals surface area contributed by atoms with E-state index in [9.17, 15) is 9.59 Å². The molecule has 0 aliphatic rings. The smallest absolute Gasteiger partial charge is 0.332 e. The molecule has 0 atom stereocenters. The number of hydrogen-bond donors (Lipinski definition) is 0. The van der Waals surface area contributed by atoms with Crippen molar-refractivity contribution in [2.24, 2.45) is 7.05 Å². The molecular weight excluding hydrogens is 367 g/mol. The van der Waals surface area contributed by atoms with Gasteiger partial charge in [-0.3, -0.25) is 13.9 Å². The molecule has 3 rings (SSSR count). The minimum absolute atomic E-state index is 0.0587. The third-order valence-corrected chi connectivity index (χ3v) is 4.03. The first-order chi connectivity index (χ1) is 11.9. The topological polar surface area (TPSA) is 82.9 Å². The fourth-order valence-corrected chi connectivity index (χ4v) is 2.36. The Morgan fingerprint density at radius 3 is 2.60 bits per heavy atom. The molecular formula is C16H12Cl2N4O3. The van der Waals surface area contributed by atoms with Crippen LogP contribution in [0.2, 0.25) is 10.2 Å². The van der Waals surface area contributed by atoms with Crippen LogP contribution < -0.4 is 11.2 Å². The van der Waals surface area contributed by atoms with Crippen molar-refractivity contribution < 1.29 is 4.52 Å². The molecule has 1 aromatic carbocycles. The second kappa shape index (κ2) is 7.08. The van der Waals surface area contributed by atoms with Crippen molar-refractivity contribution in [3.05, 3.63) is 78.6 Å². The van der Waals surface area contributed by atoms with Gasteiger partial charge in [0.1, 0.15) is 11.7 Å². The highest BCUT2D eigenvalue weighted by Gasteiger charge is 2.11. The molecule has 0 aliphatic carbocycles. The Bertz CT molecular complexity index is 1050. The zero-order valence-electron chi connectivity index (χ0n) is 13.0. The van der Waals surface area contributed by atoms with Crippen LogP contribution in [-0.4, -0.2) is 19.3 Å². The van der Waals surface area contributed by atoms with E-state index in [1.807, 2.05) is 12.1 Å². The summed E-state index contributed by atoms with van der Waals surface area (Å²) in [7, 11) is 1.47. The first-order valence-electron chi connectivity index (χ1n) is 7.16. The van der Waals surface area contributed by atoms with E-state index >= 15 is 0 Å². The van der Waals surface area contributed by atoms with Gasteiger partial charge in [0.2, 0.25) is 5.89 Å². The predicted molar refractivity (Wildman–Crippen MR) is 94.7 cm³/mol. The summed E-state index contributed by atoms with van der Waals surface area (Å²) in [6.45, 7) is -0.134. The van der Waals surface area contributed by atoms with Crippen LogP contribution in [0.5, 0.6) is 0 Å². The molecule has 2 aromatic heterocycles. The maximum Gasteiger partial charge on any atom is 0.332 e. The highest BCUT2D eigenvalue weighted by molar-refractivity contribution is 6.30. The van der Waals surface area contributed by atoms with Crippen LogP contribution in [0.3, 0.4) is 0 Å². The second-order valence-corrected chi connectivity index (χ2v) is 5.99. The van der Waals surface area contributed by atoms with E-state index in [4.69, 9.17) is 27.7 Å². The summed E-state index contributed by atoms with van der Waals surface area (Å²) in [5.74, 6) is 0.459. The van der Waals surface area contributed by atoms with Crippen molar-refractivity contribution in [2.75, 3.05) is 0 Å². The highest BCUT2D eigenvalue weighted by Crippen LogP contribution is 2.12. The van der Waals surface area contributed by atoms with E-state index in [2.05, 4.69) is 10.1 Å². The molecule has 3 aromatic rings. The lowest BCUT2D eigenvalue weighted by Gasteiger charge is -2.05. The van der Waals surface area contributed by atoms with Crippen LogP contribution in [0.4, 0.5) is 0 Å². The van der Waals surface area contributed by atoms with Crippen molar-refractivity contribution in [1.82, 2.24) is 19.3 Å². The van der Waals surface area contributed by atoms with Crippen LogP contribution in [0.1, 0.15) is 17.3 Å². The van der Waals surface area contributed by atoms with Gasteiger partial charge in [-0.2, -0.15) is 4.98 Å². The Labute approximate surface area is 151 Å². The zero-order chi connectivity index (χ0) is 18.0. The zero-order valence-corrected chi connectivity index (χ0v) is 14.5.